The van der Waals surface area contributed by atoms with E-state index in [0.29, 0.717) is 18.5 Å². The van der Waals surface area contributed by atoms with Gasteiger partial charge in [-0.1, -0.05) is 12.8 Å². The van der Waals surface area contributed by atoms with Gasteiger partial charge in [0.1, 0.15) is 12.4 Å². The highest BCUT2D eigenvalue weighted by Gasteiger charge is 2.16. The van der Waals surface area contributed by atoms with Gasteiger partial charge in [-0.2, -0.15) is 0 Å². The summed E-state index contributed by atoms with van der Waals surface area (Å²) in [6.45, 7) is 0.769. The van der Waals surface area contributed by atoms with Crippen molar-refractivity contribution in [3.63, 3.8) is 0 Å². The zero-order valence-corrected chi connectivity index (χ0v) is 18.8. The molecule has 2 aromatic rings. The van der Waals surface area contributed by atoms with Crippen molar-refractivity contribution in [1.82, 2.24) is 20.5 Å². The van der Waals surface area contributed by atoms with Gasteiger partial charge >= 0.3 is 0 Å². The Hall–Kier alpha value is -1.84. The van der Waals surface area contributed by atoms with E-state index in [1.807, 2.05) is 6.20 Å². The van der Waals surface area contributed by atoms with Crippen molar-refractivity contribution >= 4 is 46.7 Å². The zero-order chi connectivity index (χ0) is 19.2. The summed E-state index contributed by atoms with van der Waals surface area (Å²) in [6.07, 6.45) is 7.36. The van der Waals surface area contributed by atoms with Gasteiger partial charge in [-0.05, 0) is 43.0 Å². The molecule has 8 heteroatoms. The number of carbonyl (C=O) groups is 1. The molecule has 1 aromatic heterocycles. The van der Waals surface area contributed by atoms with Gasteiger partial charge in [0.15, 0.2) is 5.96 Å². The van der Waals surface area contributed by atoms with Crippen LogP contribution in [0.3, 0.4) is 0 Å². The third-order valence-electron chi connectivity index (χ3n) is 4.98. The lowest BCUT2D eigenvalue weighted by atomic mass is 10.1. The molecular formula is C20H29FIN5O. The van der Waals surface area contributed by atoms with Crippen LogP contribution in [0.25, 0.3) is 10.9 Å². The highest BCUT2D eigenvalue weighted by Crippen LogP contribution is 2.20. The molecule has 0 bridgehead atoms. The van der Waals surface area contributed by atoms with E-state index in [-0.39, 0.29) is 42.2 Å². The van der Waals surface area contributed by atoms with Crippen LogP contribution in [0.1, 0.15) is 31.2 Å². The van der Waals surface area contributed by atoms with Crippen LogP contribution in [-0.4, -0.2) is 55.0 Å². The lowest BCUT2D eigenvalue weighted by molar-refractivity contribution is -0.127. The Kier molecular flexibility index (Phi) is 8.53. The molecule has 6 nitrogen and oxygen atoms in total. The number of hydrogen-bond donors (Lipinski definition) is 3. The first-order valence-corrected chi connectivity index (χ1v) is 9.53. The fraction of sp³-hybridized carbons (Fsp3) is 0.500. The Labute approximate surface area is 182 Å². The third kappa shape index (κ3) is 6.08. The molecule has 1 amide bonds. The van der Waals surface area contributed by atoms with Crippen molar-refractivity contribution in [3.8, 4) is 0 Å². The predicted molar refractivity (Wildman–Crippen MR) is 122 cm³/mol. The SMILES string of the molecule is CN(C)C(=O)CN=C(NCCc1c[nH]c2ccc(F)cc12)NC1CCCC1.I. The topological polar surface area (TPSA) is 72.5 Å². The second kappa shape index (κ2) is 10.6. The van der Waals surface area contributed by atoms with E-state index in [2.05, 4.69) is 20.6 Å². The Balaban J connectivity index is 0.00000280. The van der Waals surface area contributed by atoms with E-state index in [0.717, 1.165) is 35.7 Å². The number of rotatable bonds is 6. The minimum atomic E-state index is -0.233. The van der Waals surface area contributed by atoms with E-state index in [1.54, 1.807) is 26.2 Å². The van der Waals surface area contributed by atoms with Crippen LogP contribution >= 0.6 is 24.0 Å². The summed E-state index contributed by atoms with van der Waals surface area (Å²) in [6, 6.07) is 5.18. The van der Waals surface area contributed by atoms with Crippen molar-refractivity contribution in [2.75, 3.05) is 27.2 Å². The molecule has 3 N–H and O–H groups in total. The Morgan fingerprint density at radius 2 is 2.07 bits per heavy atom. The van der Waals surface area contributed by atoms with Gasteiger partial charge in [0.05, 0.1) is 0 Å². The van der Waals surface area contributed by atoms with Crippen LogP contribution in [0.5, 0.6) is 0 Å². The molecule has 1 fully saturated rings. The second-order valence-electron chi connectivity index (χ2n) is 7.26. The maximum atomic E-state index is 13.5. The van der Waals surface area contributed by atoms with Crippen LogP contribution in [0.2, 0.25) is 0 Å². The molecule has 1 aliphatic rings. The van der Waals surface area contributed by atoms with Crippen molar-refractivity contribution in [3.05, 3.63) is 35.8 Å². The summed E-state index contributed by atoms with van der Waals surface area (Å²) in [5.41, 5.74) is 1.99. The number of aliphatic imine (C=N–C) groups is 1. The summed E-state index contributed by atoms with van der Waals surface area (Å²) in [7, 11) is 3.46. The van der Waals surface area contributed by atoms with Crippen LogP contribution in [0, 0.1) is 5.82 Å². The number of benzene rings is 1. The number of nitrogens with zero attached hydrogens (tertiary/aromatic N) is 2. The maximum Gasteiger partial charge on any atom is 0.243 e. The van der Waals surface area contributed by atoms with Crippen molar-refractivity contribution in [2.45, 2.75) is 38.1 Å². The van der Waals surface area contributed by atoms with Crippen LogP contribution in [0.4, 0.5) is 4.39 Å². The molecule has 0 spiro atoms. The first kappa shape index (κ1) is 22.4. The number of fused-ring (bicyclic) bond motifs is 1. The van der Waals surface area contributed by atoms with Crippen molar-refractivity contribution < 1.29 is 9.18 Å². The minimum Gasteiger partial charge on any atom is -0.361 e. The third-order valence-corrected chi connectivity index (χ3v) is 4.98. The predicted octanol–water partition coefficient (Wildman–Crippen LogP) is 3.03. The number of halogens is 2. The summed E-state index contributed by atoms with van der Waals surface area (Å²) in [5, 5.41) is 7.66. The van der Waals surface area contributed by atoms with E-state index in [9.17, 15) is 9.18 Å². The highest BCUT2D eigenvalue weighted by atomic mass is 127. The number of carbonyl (C=O) groups excluding carboxylic acids is 1. The molecule has 1 saturated carbocycles. The van der Waals surface area contributed by atoms with E-state index in [1.165, 1.54) is 23.8 Å². The molecule has 1 aliphatic carbocycles. The number of H-pyrrole nitrogens is 1. The van der Waals surface area contributed by atoms with Gasteiger partial charge in [0.2, 0.25) is 5.91 Å². The van der Waals surface area contributed by atoms with Gasteiger partial charge in [0.25, 0.3) is 0 Å². The average molecular weight is 501 g/mol. The number of nitrogens with one attached hydrogen (secondary N) is 3. The smallest absolute Gasteiger partial charge is 0.243 e. The van der Waals surface area contributed by atoms with Gasteiger partial charge in [-0.25, -0.2) is 9.38 Å². The lowest BCUT2D eigenvalue weighted by Crippen LogP contribution is -2.43. The molecule has 28 heavy (non-hydrogen) atoms. The zero-order valence-electron chi connectivity index (χ0n) is 16.4. The van der Waals surface area contributed by atoms with Gasteiger partial charge in [-0.15, -0.1) is 24.0 Å². The number of aromatic nitrogens is 1. The normalized spacial score (nSPS) is 14.8. The van der Waals surface area contributed by atoms with E-state index >= 15 is 0 Å². The average Bonchev–Trinajstić information content (AvgIpc) is 3.29. The number of hydrogen-bond acceptors (Lipinski definition) is 2. The molecule has 0 radical (unpaired) electrons. The Bertz CT molecular complexity index is 814. The highest BCUT2D eigenvalue weighted by molar-refractivity contribution is 14.0. The van der Waals surface area contributed by atoms with Crippen molar-refractivity contribution in [1.29, 1.82) is 0 Å². The van der Waals surface area contributed by atoms with E-state index < -0.39 is 0 Å². The number of guanidine groups is 1. The molecule has 1 aromatic carbocycles. The minimum absolute atomic E-state index is 0. The number of amides is 1. The molecule has 0 aliphatic heterocycles. The van der Waals surface area contributed by atoms with Gasteiger partial charge in [0, 0.05) is 43.8 Å². The first-order chi connectivity index (χ1) is 13.0. The van der Waals surface area contributed by atoms with Crippen LogP contribution in [0.15, 0.2) is 29.4 Å². The molecular weight excluding hydrogens is 472 g/mol. The lowest BCUT2D eigenvalue weighted by Gasteiger charge is -2.18. The maximum absolute atomic E-state index is 13.5. The molecule has 0 atom stereocenters. The first-order valence-electron chi connectivity index (χ1n) is 9.53. The fourth-order valence-electron chi connectivity index (χ4n) is 3.38. The monoisotopic (exact) mass is 501 g/mol. The summed E-state index contributed by atoms with van der Waals surface area (Å²) in [5.74, 6) is 0.404. The van der Waals surface area contributed by atoms with Crippen molar-refractivity contribution in [2.24, 2.45) is 4.99 Å². The van der Waals surface area contributed by atoms with E-state index in [4.69, 9.17) is 0 Å². The molecule has 3 rings (SSSR count). The number of likely N-dealkylation sites (N-methyl/N-ethyl adjacent to an activating group) is 1. The van der Waals surface area contributed by atoms with Gasteiger partial charge in [-0.3, -0.25) is 4.79 Å². The quantitative estimate of drug-likeness (QED) is 0.324. The largest absolute Gasteiger partial charge is 0.361 e. The van der Waals surface area contributed by atoms with Crippen LogP contribution < -0.4 is 10.6 Å². The molecule has 154 valence electrons. The molecule has 0 saturated heterocycles. The Morgan fingerprint density at radius 1 is 1.32 bits per heavy atom. The van der Waals surface area contributed by atoms with Crippen LogP contribution in [-0.2, 0) is 11.2 Å². The Morgan fingerprint density at radius 3 is 2.79 bits per heavy atom. The summed E-state index contributed by atoms with van der Waals surface area (Å²) >= 11 is 0. The second-order valence-corrected chi connectivity index (χ2v) is 7.26. The summed E-state index contributed by atoms with van der Waals surface area (Å²) in [4.78, 5) is 21.0. The molecule has 0 unspecified atom stereocenters. The van der Waals surface area contributed by atoms with Gasteiger partial charge < -0.3 is 20.5 Å². The standard InChI is InChI=1S/C20H28FN5O.HI/c1-26(2)19(27)13-24-20(25-16-5-3-4-6-16)22-10-9-14-12-23-18-8-7-15(21)11-17(14)18;/h7-8,11-12,16,23H,3-6,9-10,13H2,1-2H3,(H2,22,24,25);1H. The fourth-order valence-corrected chi connectivity index (χ4v) is 3.38. The number of aromatic amines is 1. The summed E-state index contributed by atoms with van der Waals surface area (Å²) < 4.78 is 13.5. The molecule has 1 heterocycles.